The molecule has 0 fully saturated rings. The summed E-state index contributed by atoms with van der Waals surface area (Å²) < 4.78 is 12.5. The van der Waals surface area contributed by atoms with Crippen molar-refractivity contribution in [2.75, 3.05) is 0 Å². The van der Waals surface area contributed by atoms with E-state index in [0.29, 0.717) is 6.07 Å². The van der Waals surface area contributed by atoms with E-state index in [-0.39, 0.29) is 4.47 Å². The fourth-order valence-electron chi connectivity index (χ4n) is 0.915. The molecule has 1 aromatic carbocycles. The van der Waals surface area contributed by atoms with Crippen LogP contribution in [-0.4, -0.2) is 16.0 Å². The van der Waals surface area contributed by atoms with E-state index < -0.39 is 28.0 Å². The first-order valence-electron chi connectivity index (χ1n) is 3.30. The number of carboxylic acid groups (broad SMARTS) is 1. The Morgan fingerprint density at radius 3 is 2.57 bits per heavy atom. The fourth-order valence-corrected chi connectivity index (χ4v) is 1.49. The molecule has 0 heterocycles. The molecule has 0 radical (unpaired) electrons. The van der Waals surface area contributed by atoms with E-state index in [2.05, 4.69) is 15.9 Å². The molecule has 0 aliphatic heterocycles. The van der Waals surface area contributed by atoms with Gasteiger partial charge in [0.1, 0.15) is 11.4 Å². The zero-order valence-corrected chi connectivity index (χ0v) is 8.12. The Balaban J connectivity index is 3.52. The number of benzene rings is 1. The maximum atomic E-state index is 12.7. The third kappa shape index (κ3) is 1.87. The summed E-state index contributed by atoms with van der Waals surface area (Å²) in [4.78, 5) is 20.1. The molecule has 0 saturated carbocycles. The van der Waals surface area contributed by atoms with Crippen LogP contribution in [0.2, 0.25) is 0 Å². The summed E-state index contributed by atoms with van der Waals surface area (Å²) in [5.41, 5.74) is -1.33. The number of aromatic carboxylic acids is 1. The van der Waals surface area contributed by atoms with Crippen molar-refractivity contribution in [1.82, 2.24) is 0 Å². The van der Waals surface area contributed by atoms with Gasteiger partial charge >= 0.3 is 5.97 Å². The van der Waals surface area contributed by atoms with Gasteiger partial charge in [0.25, 0.3) is 5.69 Å². The molecule has 7 heteroatoms. The van der Waals surface area contributed by atoms with E-state index in [9.17, 15) is 19.3 Å². The summed E-state index contributed by atoms with van der Waals surface area (Å²) in [6, 6.07) is 1.44. The zero-order chi connectivity index (χ0) is 10.9. The molecular weight excluding hydrogens is 261 g/mol. The highest BCUT2D eigenvalue weighted by Crippen LogP contribution is 2.29. The second-order valence-electron chi connectivity index (χ2n) is 2.35. The Labute approximate surface area is 85.4 Å². The minimum Gasteiger partial charge on any atom is -0.477 e. The topological polar surface area (TPSA) is 80.4 Å². The lowest BCUT2D eigenvalue weighted by atomic mass is 10.2. The van der Waals surface area contributed by atoms with Gasteiger partial charge in [-0.05, 0) is 28.1 Å². The van der Waals surface area contributed by atoms with Crippen molar-refractivity contribution in [2.24, 2.45) is 0 Å². The molecule has 1 rings (SSSR count). The number of nitro groups is 1. The average molecular weight is 264 g/mol. The SMILES string of the molecule is O=C(O)c1cc(F)cc(Br)c1[N+](=O)[O-]. The zero-order valence-electron chi connectivity index (χ0n) is 6.53. The highest BCUT2D eigenvalue weighted by atomic mass is 79.9. The first-order chi connectivity index (χ1) is 6.43. The lowest BCUT2D eigenvalue weighted by Gasteiger charge is -2.00. The summed E-state index contributed by atoms with van der Waals surface area (Å²) >= 11 is 2.72. The predicted octanol–water partition coefficient (Wildman–Crippen LogP) is 2.19. The van der Waals surface area contributed by atoms with Crippen LogP contribution in [0.15, 0.2) is 16.6 Å². The number of halogens is 2. The first kappa shape index (κ1) is 10.6. The quantitative estimate of drug-likeness (QED) is 0.655. The van der Waals surface area contributed by atoms with Crippen molar-refractivity contribution >= 4 is 27.6 Å². The third-order valence-corrected chi connectivity index (χ3v) is 2.05. The van der Waals surface area contributed by atoms with Gasteiger partial charge in [0, 0.05) is 0 Å². The van der Waals surface area contributed by atoms with Crippen LogP contribution >= 0.6 is 15.9 Å². The third-order valence-electron chi connectivity index (χ3n) is 1.44. The molecule has 74 valence electrons. The van der Waals surface area contributed by atoms with E-state index in [1.54, 1.807) is 0 Å². The second kappa shape index (κ2) is 3.70. The van der Waals surface area contributed by atoms with Crippen molar-refractivity contribution in [3.8, 4) is 0 Å². The van der Waals surface area contributed by atoms with Crippen molar-refractivity contribution < 1.29 is 19.2 Å². The van der Waals surface area contributed by atoms with Crippen LogP contribution in [0.25, 0.3) is 0 Å². The molecule has 0 saturated heterocycles. The first-order valence-corrected chi connectivity index (χ1v) is 4.09. The number of nitrogens with zero attached hydrogens (tertiary/aromatic N) is 1. The Hall–Kier alpha value is -1.50. The van der Waals surface area contributed by atoms with Crippen molar-refractivity contribution in [3.05, 3.63) is 38.1 Å². The van der Waals surface area contributed by atoms with Crippen LogP contribution < -0.4 is 0 Å². The highest BCUT2D eigenvalue weighted by molar-refractivity contribution is 9.10. The highest BCUT2D eigenvalue weighted by Gasteiger charge is 2.24. The minimum absolute atomic E-state index is 0.195. The van der Waals surface area contributed by atoms with E-state index in [4.69, 9.17) is 5.11 Å². The molecule has 5 nitrogen and oxygen atoms in total. The van der Waals surface area contributed by atoms with E-state index in [0.717, 1.165) is 6.07 Å². The van der Waals surface area contributed by atoms with Gasteiger partial charge < -0.3 is 5.11 Å². The van der Waals surface area contributed by atoms with Crippen LogP contribution in [0.1, 0.15) is 10.4 Å². The van der Waals surface area contributed by atoms with Gasteiger partial charge in [-0.25, -0.2) is 9.18 Å². The van der Waals surface area contributed by atoms with Crippen LogP contribution in [0, 0.1) is 15.9 Å². The molecule has 1 aromatic rings. The lowest BCUT2D eigenvalue weighted by molar-refractivity contribution is -0.386. The van der Waals surface area contributed by atoms with Gasteiger partial charge in [-0.3, -0.25) is 10.1 Å². The Morgan fingerprint density at radius 2 is 2.14 bits per heavy atom. The molecule has 0 amide bonds. The number of hydrogen-bond acceptors (Lipinski definition) is 3. The summed E-state index contributed by atoms with van der Waals surface area (Å²) in [5, 5.41) is 19.0. The lowest BCUT2D eigenvalue weighted by Crippen LogP contribution is -2.04. The van der Waals surface area contributed by atoms with Crippen LogP contribution in [0.4, 0.5) is 10.1 Å². The molecule has 0 aromatic heterocycles. The van der Waals surface area contributed by atoms with Crippen molar-refractivity contribution in [3.63, 3.8) is 0 Å². The predicted molar refractivity (Wildman–Crippen MR) is 47.7 cm³/mol. The number of carboxylic acids is 1. The molecule has 1 N–H and O–H groups in total. The number of hydrogen-bond donors (Lipinski definition) is 1. The standard InChI is InChI=1S/C7H3BrFNO4/c8-5-2-3(9)1-4(7(11)12)6(5)10(13)14/h1-2H,(H,11,12). The Bertz CT molecular complexity index is 420. The molecule has 14 heavy (non-hydrogen) atoms. The average Bonchev–Trinajstić information content (AvgIpc) is 2.01. The number of rotatable bonds is 2. The molecule has 0 atom stereocenters. The molecule has 0 aliphatic rings. The van der Waals surface area contributed by atoms with Gasteiger partial charge in [-0.1, -0.05) is 0 Å². The number of nitro benzene ring substituents is 1. The molecule has 0 bridgehead atoms. The summed E-state index contributed by atoms with van der Waals surface area (Å²) in [7, 11) is 0. The molecule has 0 spiro atoms. The maximum Gasteiger partial charge on any atom is 0.342 e. The van der Waals surface area contributed by atoms with Gasteiger partial charge in [0.2, 0.25) is 0 Å². The molecular formula is C7H3BrFNO4. The van der Waals surface area contributed by atoms with Crippen molar-refractivity contribution in [2.45, 2.75) is 0 Å². The van der Waals surface area contributed by atoms with E-state index in [1.807, 2.05) is 0 Å². The van der Waals surface area contributed by atoms with Gasteiger partial charge in [0.15, 0.2) is 0 Å². The molecule has 0 unspecified atom stereocenters. The summed E-state index contributed by atoms with van der Waals surface area (Å²) in [6.45, 7) is 0. The minimum atomic E-state index is -1.54. The number of carbonyl (C=O) groups is 1. The maximum absolute atomic E-state index is 12.7. The van der Waals surface area contributed by atoms with Gasteiger partial charge in [-0.15, -0.1) is 0 Å². The van der Waals surface area contributed by atoms with Crippen LogP contribution in [0.3, 0.4) is 0 Å². The largest absolute Gasteiger partial charge is 0.477 e. The van der Waals surface area contributed by atoms with Gasteiger partial charge in [-0.2, -0.15) is 0 Å². The Morgan fingerprint density at radius 1 is 1.57 bits per heavy atom. The molecule has 0 aliphatic carbocycles. The monoisotopic (exact) mass is 263 g/mol. The smallest absolute Gasteiger partial charge is 0.342 e. The fraction of sp³-hybridized carbons (Fsp3) is 0. The van der Waals surface area contributed by atoms with E-state index >= 15 is 0 Å². The van der Waals surface area contributed by atoms with Gasteiger partial charge in [0.05, 0.1) is 9.40 Å². The van der Waals surface area contributed by atoms with E-state index in [1.165, 1.54) is 0 Å². The summed E-state index contributed by atoms with van der Waals surface area (Å²) in [5.74, 6) is -2.39. The van der Waals surface area contributed by atoms with Crippen molar-refractivity contribution in [1.29, 1.82) is 0 Å². The second-order valence-corrected chi connectivity index (χ2v) is 3.20. The summed E-state index contributed by atoms with van der Waals surface area (Å²) in [6.07, 6.45) is 0. The van der Waals surface area contributed by atoms with Crippen LogP contribution in [0.5, 0.6) is 0 Å². The van der Waals surface area contributed by atoms with Crippen LogP contribution in [-0.2, 0) is 0 Å². The Kier molecular flexibility index (Phi) is 2.80. The normalized spacial score (nSPS) is 9.86.